The lowest BCUT2D eigenvalue weighted by atomic mass is 10.2. The highest BCUT2D eigenvalue weighted by molar-refractivity contribution is 6.17. The highest BCUT2D eigenvalue weighted by atomic mass is 16.5. The molecule has 0 spiro atoms. The summed E-state index contributed by atoms with van der Waals surface area (Å²) in [5, 5.41) is 12.6. The van der Waals surface area contributed by atoms with Crippen molar-refractivity contribution in [3.8, 4) is 5.88 Å². The van der Waals surface area contributed by atoms with Gasteiger partial charge < -0.3 is 9.68 Å². The minimum absolute atomic E-state index is 0.353. The second-order valence-corrected chi connectivity index (χ2v) is 3.03. The molecule has 0 atom stereocenters. The largest absolute Gasteiger partial charge is 0.525 e. The molecule has 1 radical (unpaired) electrons. The summed E-state index contributed by atoms with van der Waals surface area (Å²) in [5.74, 6) is 0.515. The molecule has 0 aliphatic carbocycles. The van der Waals surface area contributed by atoms with E-state index in [4.69, 9.17) is 9.68 Å². The Balaban J connectivity index is 2.14. The predicted molar refractivity (Wildman–Crippen MR) is 56.6 cm³/mol. The van der Waals surface area contributed by atoms with E-state index >= 15 is 0 Å². The molecule has 5 heteroatoms. The van der Waals surface area contributed by atoms with Crippen LogP contribution in [0.25, 0.3) is 0 Å². The van der Waals surface area contributed by atoms with Gasteiger partial charge in [0.25, 0.3) is 0 Å². The summed E-state index contributed by atoms with van der Waals surface area (Å²) < 4.78 is 6.62. The van der Waals surface area contributed by atoms with Crippen LogP contribution in [-0.4, -0.2) is 22.5 Å². The van der Waals surface area contributed by atoms with E-state index in [0.717, 1.165) is 5.56 Å². The number of rotatable bonds is 4. The average molecular weight is 201 g/mol. The van der Waals surface area contributed by atoms with Gasteiger partial charge in [0.15, 0.2) is 5.88 Å². The van der Waals surface area contributed by atoms with Gasteiger partial charge in [-0.05, 0) is 5.56 Å². The van der Waals surface area contributed by atoms with Gasteiger partial charge in [-0.2, -0.15) is 5.10 Å². The molecule has 0 aliphatic rings. The van der Waals surface area contributed by atoms with Gasteiger partial charge in [0.05, 0.1) is 6.54 Å². The molecule has 1 aromatic heterocycles. The van der Waals surface area contributed by atoms with Crippen molar-refractivity contribution in [1.82, 2.24) is 9.78 Å². The number of hydrogen-bond donors (Lipinski definition) is 1. The Hall–Kier alpha value is -1.75. The van der Waals surface area contributed by atoms with Crippen LogP contribution in [0.5, 0.6) is 5.88 Å². The first-order chi connectivity index (χ1) is 7.40. The van der Waals surface area contributed by atoms with E-state index in [1.807, 2.05) is 30.3 Å². The Bertz CT molecular complexity index is 416. The molecule has 4 nitrogen and oxygen atoms in total. The van der Waals surface area contributed by atoms with Gasteiger partial charge in [-0.1, -0.05) is 30.3 Å². The van der Waals surface area contributed by atoms with Gasteiger partial charge in [-0.15, -0.1) is 0 Å². The second-order valence-electron chi connectivity index (χ2n) is 3.03. The fourth-order valence-corrected chi connectivity index (χ4v) is 1.33. The molecule has 15 heavy (non-hydrogen) atoms. The topological polar surface area (TPSA) is 47.3 Å². The lowest BCUT2D eigenvalue weighted by Gasteiger charge is -2.06. The standard InChI is InChI=1S/C10H10BN2O2/c14-11-15-10-6-7-12-13(10)8-9-4-2-1-3-5-9/h1-6,11,14H,8H2. The molecule has 0 unspecified atom stereocenters. The molecule has 1 heterocycles. The molecular weight excluding hydrogens is 191 g/mol. The average Bonchev–Trinajstić information content (AvgIpc) is 2.68. The van der Waals surface area contributed by atoms with Crippen LogP contribution in [-0.2, 0) is 6.54 Å². The Morgan fingerprint density at radius 3 is 2.93 bits per heavy atom. The predicted octanol–water partition coefficient (Wildman–Crippen LogP) is 0.369. The minimum atomic E-state index is -0.353. The van der Waals surface area contributed by atoms with Gasteiger partial charge in [0.2, 0.25) is 0 Å². The zero-order valence-electron chi connectivity index (χ0n) is 8.13. The van der Waals surface area contributed by atoms with Crippen LogP contribution >= 0.6 is 0 Å². The van der Waals surface area contributed by atoms with Crippen molar-refractivity contribution in [2.45, 2.75) is 6.54 Å². The molecule has 0 aliphatic heterocycles. The molecule has 0 saturated heterocycles. The first-order valence-corrected chi connectivity index (χ1v) is 4.61. The summed E-state index contributed by atoms with van der Waals surface area (Å²) >= 11 is 0. The number of hydrogen-bond acceptors (Lipinski definition) is 3. The Labute approximate surface area is 88.4 Å². The lowest BCUT2D eigenvalue weighted by molar-refractivity contribution is 0.417. The van der Waals surface area contributed by atoms with Crippen molar-refractivity contribution in [3.05, 3.63) is 48.2 Å². The van der Waals surface area contributed by atoms with E-state index in [1.165, 1.54) is 0 Å². The van der Waals surface area contributed by atoms with Crippen LogP contribution in [0.3, 0.4) is 0 Å². The maximum Gasteiger partial charge on any atom is 0.505 e. The summed E-state index contributed by atoms with van der Waals surface area (Å²) in [5.41, 5.74) is 1.12. The van der Waals surface area contributed by atoms with E-state index in [1.54, 1.807) is 10.7 Å². The molecule has 2 rings (SSSR count). The summed E-state index contributed by atoms with van der Waals surface area (Å²) in [6, 6.07) is 11.5. The fourth-order valence-electron chi connectivity index (χ4n) is 1.33. The number of nitrogens with zero attached hydrogens (tertiary/aromatic N) is 2. The quantitative estimate of drug-likeness (QED) is 0.727. The van der Waals surface area contributed by atoms with Crippen molar-refractivity contribution >= 4 is 7.69 Å². The first kappa shape index (κ1) is 9.80. The van der Waals surface area contributed by atoms with Crippen molar-refractivity contribution in [2.24, 2.45) is 0 Å². The molecule has 0 bridgehead atoms. The zero-order valence-corrected chi connectivity index (χ0v) is 8.13. The van der Waals surface area contributed by atoms with Crippen LogP contribution < -0.4 is 4.65 Å². The Kier molecular flexibility index (Phi) is 3.04. The van der Waals surface area contributed by atoms with E-state index in [2.05, 4.69) is 11.3 Å². The molecule has 0 saturated carbocycles. The number of aromatic nitrogens is 2. The van der Waals surface area contributed by atoms with Crippen LogP contribution in [0.4, 0.5) is 0 Å². The fraction of sp³-hybridized carbons (Fsp3) is 0.100. The van der Waals surface area contributed by atoms with E-state index in [0.29, 0.717) is 12.4 Å². The molecule has 2 aromatic rings. The summed E-state index contributed by atoms with van der Waals surface area (Å²) in [4.78, 5) is 0. The van der Waals surface area contributed by atoms with E-state index < -0.39 is 0 Å². The van der Waals surface area contributed by atoms with Gasteiger partial charge in [-0.25, -0.2) is 4.68 Å². The van der Waals surface area contributed by atoms with Gasteiger partial charge in [0.1, 0.15) is 6.20 Å². The minimum Gasteiger partial charge on any atom is -0.525 e. The maximum atomic E-state index is 8.65. The molecule has 0 amide bonds. The van der Waals surface area contributed by atoms with Gasteiger partial charge >= 0.3 is 7.69 Å². The van der Waals surface area contributed by atoms with Crippen molar-refractivity contribution in [1.29, 1.82) is 0 Å². The normalized spacial score (nSPS) is 9.93. The Morgan fingerprint density at radius 1 is 1.40 bits per heavy atom. The highest BCUT2D eigenvalue weighted by Crippen LogP contribution is 2.11. The molecule has 1 N–H and O–H groups in total. The van der Waals surface area contributed by atoms with Crippen LogP contribution in [0, 0.1) is 6.20 Å². The van der Waals surface area contributed by atoms with Gasteiger partial charge in [0, 0.05) is 6.07 Å². The van der Waals surface area contributed by atoms with Crippen LogP contribution in [0.2, 0.25) is 0 Å². The zero-order chi connectivity index (χ0) is 10.5. The second kappa shape index (κ2) is 4.66. The molecule has 0 fully saturated rings. The Morgan fingerprint density at radius 2 is 2.20 bits per heavy atom. The monoisotopic (exact) mass is 201 g/mol. The lowest BCUT2D eigenvalue weighted by Crippen LogP contribution is -2.08. The van der Waals surface area contributed by atoms with Crippen LogP contribution in [0.1, 0.15) is 5.56 Å². The third-order valence-corrected chi connectivity index (χ3v) is 2.01. The van der Waals surface area contributed by atoms with Crippen molar-refractivity contribution in [3.63, 3.8) is 0 Å². The third-order valence-electron chi connectivity index (χ3n) is 2.01. The smallest absolute Gasteiger partial charge is 0.505 e. The summed E-state index contributed by atoms with van der Waals surface area (Å²) in [7, 11) is -0.353. The third kappa shape index (κ3) is 2.38. The first-order valence-electron chi connectivity index (χ1n) is 4.61. The summed E-state index contributed by atoms with van der Waals surface area (Å²) in [6.45, 7) is 0.611. The van der Waals surface area contributed by atoms with Crippen molar-refractivity contribution in [2.75, 3.05) is 0 Å². The molecular formula is C10H10BN2O2. The maximum absolute atomic E-state index is 8.65. The number of benzene rings is 1. The molecule has 1 aromatic carbocycles. The summed E-state index contributed by atoms with van der Waals surface area (Å²) in [6.07, 6.45) is 2.68. The SMILES string of the molecule is OBOc1c[c]nn1Cc1ccccc1. The van der Waals surface area contributed by atoms with E-state index in [9.17, 15) is 0 Å². The van der Waals surface area contributed by atoms with Gasteiger partial charge in [-0.3, -0.25) is 0 Å². The van der Waals surface area contributed by atoms with Crippen molar-refractivity contribution < 1.29 is 9.68 Å². The van der Waals surface area contributed by atoms with E-state index in [-0.39, 0.29) is 7.69 Å². The highest BCUT2D eigenvalue weighted by Gasteiger charge is 2.03. The molecule has 75 valence electrons. The van der Waals surface area contributed by atoms with Crippen LogP contribution in [0.15, 0.2) is 36.4 Å².